The van der Waals surface area contributed by atoms with Gasteiger partial charge >= 0.3 is 0 Å². The zero-order chi connectivity index (χ0) is 19.7. The van der Waals surface area contributed by atoms with E-state index in [1.165, 1.54) is 24.9 Å². The highest BCUT2D eigenvalue weighted by Crippen LogP contribution is 2.39. The molecule has 2 aliphatic rings. The van der Waals surface area contributed by atoms with Gasteiger partial charge in [-0.05, 0) is 25.0 Å². The number of nitrogens with zero attached hydrogens (tertiary/aromatic N) is 3. The van der Waals surface area contributed by atoms with Crippen molar-refractivity contribution >= 4 is 34.0 Å². The molecule has 1 saturated heterocycles. The summed E-state index contributed by atoms with van der Waals surface area (Å²) >= 11 is 1.43. The number of hydrogen-bond donors (Lipinski definition) is 1. The van der Waals surface area contributed by atoms with Gasteiger partial charge in [0, 0.05) is 24.9 Å². The van der Waals surface area contributed by atoms with Crippen molar-refractivity contribution in [3.8, 4) is 11.5 Å². The Balaban J connectivity index is 1.44. The number of ether oxygens (including phenoxy) is 2. The Labute approximate surface area is 166 Å². The van der Waals surface area contributed by atoms with Crippen LogP contribution < -0.4 is 19.7 Å². The third-order valence-corrected chi connectivity index (χ3v) is 6.30. The van der Waals surface area contributed by atoms with Gasteiger partial charge in [0.05, 0.1) is 25.8 Å². The number of hydrogen-bond acceptors (Lipinski definition) is 7. The van der Waals surface area contributed by atoms with E-state index in [0.29, 0.717) is 34.8 Å². The molecule has 148 valence electrons. The molecule has 2 amide bonds. The van der Waals surface area contributed by atoms with E-state index in [0.717, 1.165) is 17.8 Å². The van der Waals surface area contributed by atoms with E-state index in [4.69, 9.17) is 9.47 Å². The van der Waals surface area contributed by atoms with Gasteiger partial charge in [-0.1, -0.05) is 17.8 Å². The van der Waals surface area contributed by atoms with Crippen LogP contribution in [0.5, 0.6) is 11.5 Å². The van der Waals surface area contributed by atoms with Crippen molar-refractivity contribution in [1.82, 2.24) is 10.2 Å². The lowest BCUT2D eigenvalue weighted by Gasteiger charge is -2.21. The normalized spacial score (nSPS) is 19.4. The van der Waals surface area contributed by atoms with Crippen LogP contribution in [0.3, 0.4) is 0 Å². The molecule has 2 fully saturated rings. The summed E-state index contributed by atoms with van der Waals surface area (Å²) in [4.78, 5) is 26.8. The number of methoxy groups -OCH3 is 2. The smallest absolute Gasteiger partial charge is 0.231 e. The Morgan fingerprint density at radius 1 is 1.25 bits per heavy atom. The molecular formula is C19H22N4O4S. The molecule has 1 aromatic carbocycles. The van der Waals surface area contributed by atoms with Gasteiger partial charge in [0.1, 0.15) is 16.5 Å². The molecule has 0 radical (unpaired) electrons. The van der Waals surface area contributed by atoms with Crippen LogP contribution in [-0.4, -0.2) is 42.8 Å². The molecule has 1 aromatic heterocycles. The molecule has 1 aliphatic carbocycles. The van der Waals surface area contributed by atoms with Gasteiger partial charge in [-0.25, -0.2) is 0 Å². The number of benzene rings is 1. The number of anilines is 2. The van der Waals surface area contributed by atoms with Crippen LogP contribution >= 0.6 is 11.3 Å². The zero-order valence-electron chi connectivity index (χ0n) is 15.8. The van der Waals surface area contributed by atoms with Crippen LogP contribution in [-0.2, 0) is 9.59 Å². The Kier molecular flexibility index (Phi) is 5.17. The van der Waals surface area contributed by atoms with Crippen LogP contribution in [0, 0.1) is 5.92 Å². The molecule has 0 unspecified atom stereocenters. The topological polar surface area (TPSA) is 93.6 Å². The predicted molar refractivity (Wildman–Crippen MR) is 105 cm³/mol. The van der Waals surface area contributed by atoms with E-state index in [1.807, 2.05) is 0 Å². The van der Waals surface area contributed by atoms with E-state index < -0.39 is 5.92 Å². The third kappa shape index (κ3) is 3.54. The first-order chi connectivity index (χ1) is 13.6. The Bertz CT molecular complexity index is 896. The van der Waals surface area contributed by atoms with Crippen molar-refractivity contribution < 1.29 is 19.1 Å². The molecule has 1 aliphatic heterocycles. The highest BCUT2D eigenvalue weighted by Gasteiger charge is 2.37. The summed E-state index contributed by atoms with van der Waals surface area (Å²) in [6, 6.07) is 5.26. The van der Waals surface area contributed by atoms with Gasteiger partial charge in [-0.3, -0.25) is 9.59 Å². The molecule has 8 nitrogen and oxygen atoms in total. The second-order valence-electron chi connectivity index (χ2n) is 7.01. The van der Waals surface area contributed by atoms with Crippen LogP contribution in [0.2, 0.25) is 0 Å². The summed E-state index contributed by atoms with van der Waals surface area (Å²) in [5.41, 5.74) is 0.631. The van der Waals surface area contributed by atoms with Crippen molar-refractivity contribution in [2.75, 3.05) is 31.0 Å². The maximum absolute atomic E-state index is 12.7. The quantitative estimate of drug-likeness (QED) is 0.799. The number of aromatic nitrogens is 2. The fraction of sp³-hybridized carbons (Fsp3) is 0.474. The highest BCUT2D eigenvalue weighted by atomic mass is 32.1. The van der Waals surface area contributed by atoms with Gasteiger partial charge in [0.25, 0.3) is 0 Å². The number of amides is 2. The largest absolute Gasteiger partial charge is 0.497 e. The van der Waals surface area contributed by atoms with Crippen molar-refractivity contribution in [3.05, 3.63) is 23.2 Å². The van der Waals surface area contributed by atoms with E-state index in [-0.39, 0.29) is 18.2 Å². The first-order valence-corrected chi connectivity index (χ1v) is 10.1. The van der Waals surface area contributed by atoms with E-state index in [2.05, 4.69) is 15.5 Å². The first-order valence-electron chi connectivity index (χ1n) is 9.25. The van der Waals surface area contributed by atoms with Crippen molar-refractivity contribution in [2.45, 2.75) is 31.6 Å². The van der Waals surface area contributed by atoms with Crippen molar-refractivity contribution in [2.24, 2.45) is 5.92 Å². The Morgan fingerprint density at radius 3 is 2.75 bits per heavy atom. The van der Waals surface area contributed by atoms with Gasteiger partial charge in [-0.2, -0.15) is 0 Å². The van der Waals surface area contributed by atoms with Gasteiger partial charge in [-0.15, -0.1) is 10.2 Å². The molecule has 4 rings (SSSR count). The van der Waals surface area contributed by atoms with Crippen molar-refractivity contribution in [3.63, 3.8) is 0 Å². The van der Waals surface area contributed by atoms with E-state index in [9.17, 15) is 9.59 Å². The summed E-state index contributed by atoms with van der Waals surface area (Å²) in [7, 11) is 3.11. The third-order valence-electron chi connectivity index (χ3n) is 5.30. The van der Waals surface area contributed by atoms with Crippen LogP contribution in [0.4, 0.5) is 10.8 Å². The lowest BCUT2D eigenvalue weighted by molar-refractivity contribution is -0.122. The monoisotopic (exact) mass is 402 g/mol. The second-order valence-corrected chi connectivity index (χ2v) is 8.01. The molecule has 28 heavy (non-hydrogen) atoms. The summed E-state index contributed by atoms with van der Waals surface area (Å²) in [6.07, 6.45) is 3.65. The highest BCUT2D eigenvalue weighted by molar-refractivity contribution is 7.15. The van der Waals surface area contributed by atoms with Gasteiger partial charge in [0.15, 0.2) is 0 Å². The molecular weight excluding hydrogens is 380 g/mol. The molecule has 1 N–H and O–H groups in total. The lowest BCUT2D eigenvalue weighted by Crippen LogP contribution is -2.28. The molecule has 2 heterocycles. The second kappa shape index (κ2) is 7.75. The molecule has 1 saturated carbocycles. The summed E-state index contributed by atoms with van der Waals surface area (Å²) in [5.74, 6) is 0.878. The number of nitrogens with one attached hydrogen (secondary N) is 1. The summed E-state index contributed by atoms with van der Waals surface area (Å²) < 4.78 is 10.6. The van der Waals surface area contributed by atoms with Crippen LogP contribution in [0.1, 0.15) is 36.6 Å². The maximum Gasteiger partial charge on any atom is 0.231 e. The molecule has 1 atom stereocenters. The Hall–Kier alpha value is -2.68. The standard InChI is InChI=1S/C19H22N4O4S/c1-26-13-6-7-14(15(9-13)27-2)23-10-12(8-16(23)24)17(25)20-19-22-21-18(28-19)11-4-3-5-11/h6-7,9,11-12H,3-5,8,10H2,1-2H3,(H,20,22,25)/t12-/m0/s1. The zero-order valence-corrected chi connectivity index (χ0v) is 16.6. The molecule has 2 aromatic rings. The maximum atomic E-state index is 12.7. The minimum atomic E-state index is -0.449. The molecule has 0 bridgehead atoms. The average molecular weight is 402 g/mol. The van der Waals surface area contributed by atoms with Gasteiger partial charge < -0.3 is 19.7 Å². The SMILES string of the molecule is COc1ccc(N2C[C@@H](C(=O)Nc3nnc(C4CCC4)s3)CC2=O)c(OC)c1. The van der Waals surface area contributed by atoms with Crippen LogP contribution in [0.15, 0.2) is 18.2 Å². The minimum Gasteiger partial charge on any atom is -0.497 e. The summed E-state index contributed by atoms with van der Waals surface area (Å²) in [6.45, 7) is 0.293. The lowest BCUT2D eigenvalue weighted by atomic mass is 9.86. The number of rotatable bonds is 6. The fourth-order valence-corrected chi connectivity index (χ4v) is 4.35. The average Bonchev–Trinajstić information content (AvgIpc) is 3.26. The molecule has 9 heteroatoms. The summed E-state index contributed by atoms with van der Waals surface area (Å²) in [5, 5.41) is 12.6. The van der Waals surface area contributed by atoms with Gasteiger partial charge in [0.2, 0.25) is 16.9 Å². The minimum absolute atomic E-state index is 0.115. The molecule has 0 spiro atoms. The van der Waals surface area contributed by atoms with E-state index >= 15 is 0 Å². The first kappa shape index (κ1) is 18.7. The predicted octanol–water partition coefficient (Wildman–Crippen LogP) is 2.81. The fourth-order valence-electron chi connectivity index (χ4n) is 3.44. The number of carbonyl (C=O) groups excluding carboxylic acids is 2. The number of carbonyl (C=O) groups is 2. The van der Waals surface area contributed by atoms with Crippen LogP contribution in [0.25, 0.3) is 0 Å². The van der Waals surface area contributed by atoms with Crippen molar-refractivity contribution in [1.29, 1.82) is 0 Å². The Morgan fingerprint density at radius 2 is 2.07 bits per heavy atom. The van der Waals surface area contributed by atoms with E-state index in [1.54, 1.807) is 30.2 Å².